The Morgan fingerprint density at radius 1 is 1.64 bits per heavy atom. The van der Waals surface area contributed by atoms with Gasteiger partial charge in [-0.2, -0.15) is 0 Å². The molecule has 76 valence electrons. The lowest BCUT2D eigenvalue weighted by Gasteiger charge is -2.08. The predicted molar refractivity (Wildman–Crippen MR) is 53.7 cm³/mol. The minimum atomic E-state index is -0.544. The topological polar surface area (TPSA) is 70.9 Å². The van der Waals surface area contributed by atoms with Crippen molar-refractivity contribution in [1.29, 1.82) is 0 Å². The number of carbonyl (C=O) groups is 1. The van der Waals surface area contributed by atoms with E-state index in [1.54, 1.807) is 0 Å². The maximum Gasteiger partial charge on any atom is 0.240 e. The van der Waals surface area contributed by atoms with E-state index in [0.29, 0.717) is 6.54 Å². The van der Waals surface area contributed by atoms with Crippen molar-refractivity contribution in [1.82, 2.24) is 10.3 Å². The molecule has 0 unspecified atom stereocenters. The summed E-state index contributed by atoms with van der Waals surface area (Å²) in [6, 6.07) is 2.00. The van der Waals surface area contributed by atoms with Gasteiger partial charge in [-0.15, -0.1) is 0 Å². The Balaban J connectivity index is 1.71. The lowest BCUT2D eigenvalue weighted by Crippen LogP contribution is -2.43. The van der Waals surface area contributed by atoms with Crippen molar-refractivity contribution >= 4 is 5.91 Å². The first-order valence-electron chi connectivity index (χ1n) is 4.90. The molecule has 1 heterocycles. The van der Waals surface area contributed by atoms with Gasteiger partial charge < -0.3 is 16.0 Å². The third kappa shape index (κ3) is 1.96. The molecule has 0 bridgehead atoms. The minimum Gasteiger partial charge on any atom is -0.367 e. The second-order valence-corrected chi connectivity index (χ2v) is 3.88. The molecule has 0 radical (unpaired) electrons. The van der Waals surface area contributed by atoms with E-state index in [1.165, 1.54) is 5.56 Å². The van der Waals surface area contributed by atoms with Gasteiger partial charge in [0.15, 0.2) is 0 Å². The van der Waals surface area contributed by atoms with Crippen molar-refractivity contribution in [3.8, 4) is 0 Å². The normalized spacial score (nSPS) is 17.8. The number of rotatable bonds is 4. The fraction of sp³-hybridized carbons (Fsp3) is 0.500. The molecule has 1 aromatic heterocycles. The predicted octanol–water partition coefficient (Wildman–Crippen LogP) is 0.165. The molecular weight excluding hydrogens is 178 g/mol. The van der Waals surface area contributed by atoms with E-state index >= 15 is 0 Å². The molecule has 0 saturated heterocycles. The van der Waals surface area contributed by atoms with Gasteiger partial charge in [-0.3, -0.25) is 4.79 Å². The van der Waals surface area contributed by atoms with Gasteiger partial charge in [0.1, 0.15) is 0 Å². The summed E-state index contributed by atoms with van der Waals surface area (Å²) in [6.07, 6.45) is 6.31. The Morgan fingerprint density at radius 3 is 3.00 bits per heavy atom. The third-order valence-corrected chi connectivity index (χ3v) is 2.60. The van der Waals surface area contributed by atoms with Gasteiger partial charge in [0.2, 0.25) is 5.91 Å². The van der Waals surface area contributed by atoms with Gasteiger partial charge >= 0.3 is 0 Å². The lowest BCUT2D eigenvalue weighted by molar-refractivity contribution is -0.123. The van der Waals surface area contributed by atoms with Crippen LogP contribution in [0, 0.1) is 0 Å². The molecule has 0 atom stereocenters. The molecule has 0 aromatic carbocycles. The van der Waals surface area contributed by atoms with E-state index in [0.717, 1.165) is 19.3 Å². The Hall–Kier alpha value is -1.29. The van der Waals surface area contributed by atoms with Gasteiger partial charge in [-0.05, 0) is 30.9 Å². The fourth-order valence-corrected chi connectivity index (χ4v) is 1.37. The summed E-state index contributed by atoms with van der Waals surface area (Å²) >= 11 is 0. The van der Waals surface area contributed by atoms with Crippen molar-refractivity contribution in [3.63, 3.8) is 0 Å². The molecule has 1 saturated carbocycles. The molecule has 14 heavy (non-hydrogen) atoms. The number of hydrogen-bond acceptors (Lipinski definition) is 2. The summed E-state index contributed by atoms with van der Waals surface area (Å²) in [7, 11) is 0. The summed E-state index contributed by atoms with van der Waals surface area (Å²) in [5, 5.41) is 2.85. The maximum absolute atomic E-state index is 11.4. The van der Waals surface area contributed by atoms with Crippen LogP contribution in [-0.4, -0.2) is 23.0 Å². The number of hydrogen-bond donors (Lipinski definition) is 3. The summed E-state index contributed by atoms with van der Waals surface area (Å²) < 4.78 is 0. The number of aromatic nitrogens is 1. The zero-order valence-electron chi connectivity index (χ0n) is 8.05. The largest absolute Gasteiger partial charge is 0.367 e. The first kappa shape index (κ1) is 9.27. The summed E-state index contributed by atoms with van der Waals surface area (Å²) in [5.74, 6) is -0.00645. The van der Waals surface area contributed by atoms with Crippen molar-refractivity contribution in [2.24, 2.45) is 5.73 Å². The molecule has 4 nitrogen and oxygen atoms in total. The zero-order valence-corrected chi connectivity index (χ0v) is 8.05. The lowest BCUT2D eigenvalue weighted by atomic mass is 10.2. The van der Waals surface area contributed by atoms with Crippen LogP contribution in [0.25, 0.3) is 0 Å². The molecule has 2 rings (SSSR count). The van der Waals surface area contributed by atoms with Crippen LogP contribution in [0.2, 0.25) is 0 Å². The highest BCUT2D eigenvalue weighted by Gasteiger charge is 2.45. The molecule has 1 fully saturated rings. The molecule has 1 aromatic rings. The Bertz CT molecular complexity index is 314. The smallest absolute Gasteiger partial charge is 0.240 e. The van der Waals surface area contributed by atoms with Gasteiger partial charge in [-0.25, -0.2) is 0 Å². The number of aromatic amines is 1. The SMILES string of the molecule is NC1(C(=O)NCCc2cc[nH]c2)CC1. The van der Waals surface area contributed by atoms with Crippen LogP contribution in [0.1, 0.15) is 18.4 Å². The van der Waals surface area contributed by atoms with Gasteiger partial charge in [0.25, 0.3) is 0 Å². The summed E-state index contributed by atoms with van der Waals surface area (Å²) in [6.45, 7) is 0.662. The monoisotopic (exact) mass is 193 g/mol. The van der Waals surface area contributed by atoms with E-state index < -0.39 is 5.54 Å². The van der Waals surface area contributed by atoms with E-state index in [2.05, 4.69) is 10.3 Å². The summed E-state index contributed by atoms with van der Waals surface area (Å²) in [5.41, 5.74) is 6.39. The minimum absolute atomic E-state index is 0.00645. The molecule has 1 aliphatic carbocycles. The van der Waals surface area contributed by atoms with Crippen LogP contribution in [0.4, 0.5) is 0 Å². The van der Waals surface area contributed by atoms with Crippen molar-refractivity contribution in [2.45, 2.75) is 24.8 Å². The first-order chi connectivity index (χ1) is 6.71. The summed E-state index contributed by atoms with van der Waals surface area (Å²) in [4.78, 5) is 14.4. The van der Waals surface area contributed by atoms with E-state index in [1.807, 2.05) is 18.5 Å². The zero-order chi connectivity index (χ0) is 10.0. The number of H-pyrrole nitrogens is 1. The van der Waals surface area contributed by atoms with Crippen LogP contribution >= 0.6 is 0 Å². The molecule has 4 N–H and O–H groups in total. The van der Waals surface area contributed by atoms with Crippen molar-refractivity contribution in [3.05, 3.63) is 24.0 Å². The van der Waals surface area contributed by atoms with Gasteiger partial charge in [0.05, 0.1) is 5.54 Å². The number of amides is 1. The van der Waals surface area contributed by atoms with E-state index in [4.69, 9.17) is 5.73 Å². The molecular formula is C10H15N3O. The third-order valence-electron chi connectivity index (χ3n) is 2.60. The first-order valence-corrected chi connectivity index (χ1v) is 4.90. The average Bonchev–Trinajstić information content (AvgIpc) is 2.73. The maximum atomic E-state index is 11.4. The van der Waals surface area contributed by atoms with Crippen molar-refractivity contribution in [2.75, 3.05) is 6.54 Å². The van der Waals surface area contributed by atoms with E-state index in [9.17, 15) is 4.79 Å². The molecule has 4 heteroatoms. The fourth-order valence-electron chi connectivity index (χ4n) is 1.37. The van der Waals surface area contributed by atoms with E-state index in [-0.39, 0.29) is 5.91 Å². The van der Waals surface area contributed by atoms with Crippen LogP contribution in [-0.2, 0) is 11.2 Å². The van der Waals surface area contributed by atoms with Gasteiger partial charge in [0, 0.05) is 18.9 Å². The quantitative estimate of drug-likeness (QED) is 0.637. The molecule has 0 aliphatic heterocycles. The van der Waals surface area contributed by atoms with Gasteiger partial charge in [-0.1, -0.05) is 0 Å². The van der Waals surface area contributed by atoms with Crippen LogP contribution in [0.15, 0.2) is 18.5 Å². The van der Waals surface area contributed by atoms with Crippen LogP contribution in [0.3, 0.4) is 0 Å². The second kappa shape index (κ2) is 3.46. The van der Waals surface area contributed by atoms with Crippen LogP contribution in [0.5, 0.6) is 0 Å². The number of nitrogens with one attached hydrogen (secondary N) is 2. The number of nitrogens with two attached hydrogens (primary N) is 1. The second-order valence-electron chi connectivity index (χ2n) is 3.88. The van der Waals surface area contributed by atoms with Crippen LogP contribution < -0.4 is 11.1 Å². The molecule has 0 spiro atoms. The highest BCUT2D eigenvalue weighted by Crippen LogP contribution is 2.31. The van der Waals surface area contributed by atoms with Crippen molar-refractivity contribution < 1.29 is 4.79 Å². The molecule has 1 amide bonds. The number of carbonyl (C=O) groups excluding carboxylic acids is 1. The average molecular weight is 193 g/mol. The highest BCUT2D eigenvalue weighted by molar-refractivity contribution is 5.88. The Labute approximate surface area is 82.9 Å². The molecule has 1 aliphatic rings. The Morgan fingerprint density at radius 2 is 2.43 bits per heavy atom. The highest BCUT2D eigenvalue weighted by atomic mass is 16.2. The Kier molecular flexibility index (Phi) is 2.29. The standard InChI is InChI=1S/C10H15N3O/c11-10(3-4-10)9(14)13-6-2-8-1-5-12-7-8/h1,5,7,12H,2-4,6,11H2,(H,13,14).